The van der Waals surface area contributed by atoms with Crippen molar-refractivity contribution in [2.45, 2.75) is 19.1 Å². The van der Waals surface area contributed by atoms with Crippen LogP contribution in [0.25, 0.3) is 0 Å². The van der Waals surface area contributed by atoms with E-state index in [9.17, 15) is 13.2 Å². The zero-order valence-corrected chi connectivity index (χ0v) is 9.62. The van der Waals surface area contributed by atoms with Crippen molar-refractivity contribution in [2.75, 3.05) is 24.3 Å². The molecule has 17 heavy (non-hydrogen) atoms. The van der Waals surface area contributed by atoms with Crippen LogP contribution in [0.2, 0.25) is 0 Å². The number of nitrogens with two attached hydrogens (primary N) is 1. The predicted octanol–water partition coefficient (Wildman–Crippen LogP) is 2.10. The van der Waals surface area contributed by atoms with Gasteiger partial charge in [-0.15, -0.1) is 0 Å². The first-order valence-corrected chi connectivity index (χ1v) is 5.07. The third kappa shape index (κ3) is 3.03. The summed E-state index contributed by atoms with van der Waals surface area (Å²) in [5, 5.41) is 8.97. The maximum Gasteiger partial charge on any atom is 0.418 e. The molecule has 0 bridgehead atoms. The highest BCUT2D eigenvalue weighted by molar-refractivity contribution is 5.61. The van der Waals surface area contributed by atoms with Gasteiger partial charge in [0, 0.05) is 24.5 Å². The van der Waals surface area contributed by atoms with E-state index < -0.39 is 17.8 Å². The molecule has 3 nitrogen and oxygen atoms in total. The van der Waals surface area contributed by atoms with Crippen LogP contribution in [0.5, 0.6) is 0 Å². The van der Waals surface area contributed by atoms with Crippen molar-refractivity contribution >= 4 is 11.4 Å². The molecule has 0 fully saturated rings. The minimum atomic E-state index is -4.46. The van der Waals surface area contributed by atoms with Crippen molar-refractivity contribution in [1.82, 2.24) is 0 Å². The minimum Gasteiger partial charge on any atom is -0.399 e. The van der Waals surface area contributed by atoms with E-state index in [0.717, 1.165) is 6.07 Å². The van der Waals surface area contributed by atoms with E-state index in [1.165, 1.54) is 24.1 Å². The van der Waals surface area contributed by atoms with Gasteiger partial charge in [0.15, 0.2) is 0 Å². The predicted molar refractivity (Wildman–Crippen MR) is 60.8 cm³/mol. The fourth-order valence-corrected chi connectivity index (χ4v) is 1.45. The fourth-order valence-electron chi connectivity index (χ4n) is 1.45. The Hall–Kier alpha value is -1.43. The molecule has 0 aliphatic heterocycles. The van der Waals surface area contributed by atoms with Crippen LogP contribution in [0, 0.1) is 0 Å². The number of halogens is 3. The van der Waals surface area contributed by atoms with Crippen LogP contribution >= 0.6 is 0 Å². The van der Waals surface area contributed by atoms with Gasteiger partial charge in [-0.1, -0.05) is 0 Å². The summed E-state index contributed by atoms with van der Waals surface area (Å²) < 4.78 is 38.4. The Labute approximate surface area is 97.6 Å². The summed E-state index contributed by atoms with van der Waals surface area (Å²) in [4.78, 5) is 1.38. The van der Waals surface area contributed by atoms with Crippen LogP contribution in [0.4, 0.5) is 24.5 Å². The third-order valence-corrected chi connectivity index (χ3v) is 2.63. The molecule has 0 amide bonds. The number of nitrogens with zero attached hydrogens (tertiary/aromatic N) is 1. The quantitative estimate of drug-likeness (QED) is 0.805. The van der Waals surface area contributed by atoms with Crippen molar-refractivity contribution in [1.29, 1.82) is 0 Å². The molecule has 0 heterocycles. The summed E-state index contributed by atoms with van der Waals surface area (Å²) in [7, 11) is 1.50. The van der Waals surface area contributed by atoms with Crippen molar-refractivity contribution in [3.05, 3.63) is 23.8 Å². The molecule has 3 N–H and O–H groups in total. The average Bonchev–Trinajstić information content (AvgIpc) is 2.25. The van der Waals surface area contributed by atoms with Crippen LogP contribution in [-0.2, 0) is 6.18 Å². The monoisotopic (exact) mass is 248 g/mol. The van der Waals surface area contributed by atoms with Gasteiger partial charge in [-0.3, -0.25) is 0 Å². The van der Waals surface area contributed by atoms with E-state index >= 15 is 0 Å². The molecule has 1 aromatic carbocycles. The average molecular weight is 248 g/mol. The van der Waals surface area contributed by atoms with Gasteiger partial charge in [0.25, 0.3) is 0 Å². The number of hydrogen-bond acceptors (Lipinski definition) is 3. The van der Waals surface area contributed by atoms with Crippen LogP contribution in [0.15, 0.2) is 18.2 Å². The summed E-state index contributed by atoms with van der Waals surface area (Å²) in [6, 6.07) is 3.21. The lowest BCUT2D eigenvalue weighted by Crippen LogP contribution is -2.33. The molecule has 1 unspecified atom stereocenters. The topological polar surface area (TPSA) is 49.5 Å². The second-order valence-electron chi connectivity index (χ2n) is 3.92. The molecule has 1 aromatic rings. The number of hydrogen-bond donors (Lipinski definition) is 2. The zero-order chi connectivity index (χ0) is 13.2. The van der Waals surface area contributed by atoms with Crippen LogP contribution in [0.3, 0.4) is 0 Å². The summed E-state index contributed by atoms with van der Waals surface area (Å²) in [5.74, 6) is 0. The standard InChI is InChI=1S/C11H15F3N2O/c1-7(6-17)16(2)10-4-3-8(15)5-9(10)11(12,13)14/h3-5,7,17H,6,15H2,1-2H3. The zero-order valence-electron chi connectivity index (χ0n) is 9.62. The van der Waals surface area contributed by atoms with Gasteiger partial charge < -0.3 is 15.7 Å². The molecule has 0 aliphatic carbocycles. The third-order valence-electron chi connectivity index (χ3n) is 2.63. The Morgan fingerprint density at radius 1 is 1.41 bits per heavy atom. The highest BCUT2D eigenvalue weighted by Crippen LogP contribution is 2.37. The molecule has 1 atom stereocenters. The molecule has 0 aliphatic rings. The van der Waals surface area contributed by atoms with Gasteiger partial charge in [-0.05, 0) is 25.1 Å². The molecular weight excluding hydrogens is 233 g/mol. The molecule has 1 rings (SSSR count). The number of alkyl halides is 3. The second-order valence-corrected chi connectivity index (χ2v) is 3.92. The molecule has 0 aromatic heterocycles. The Morgan fingerprint density at radius 3 is 2.47 bits per heavy atom. The van der Waals surface area contributed by atoms with Gasteiger partial charge in [0.05, 0.1) is 12.2 Å². The number of anilines is 2. The molecule has 96 valence electrons. The van der Waals surface area contributed by atoms with E-state index in [-0.39, 0.29) is 18.0 Å². The summed E-state index contributed by atoms with van der Waals surface area (Å²) >= 11 is 0. The van der Waals surface area contributed by atoms with Crippen molar-refractivity contribution in [3.8, 4) is 0 Å². The highest BCUT2D eigenvalue weighted by Gasteiger charge is 2.35. The second kappa shape index (κ2) is 4.83. The Morgan fingerprint density at radius 2 is 2.00 bits per heavy atom. The number of nitrogen functional groups attached to an aromatic ring is 1. The van der Waals surface area contributed by atoms with Crippen molar-refractivity contribution < 1.29 is 18.3 Å². The molecular formula is C11H15F3N2O. The lowest BCUT2D eigenvalue weighted by Gasteiger charge is -2.28. The van der Waals surface area contributed by atoms with E-state index in [1.54, 1.807) is 6.92 Å². The Kier molecular flexibility index (Phi) is 3.87. The summed E-state index contributed by atoms with van der Waals surface area (Å²) in [5.41, 5.74) is 4.64. The lowest BCUT2D eigenvalue weighted by molar-refractivity contribution is -0.137. The fraction of sp³-hybridized carbons (Fsp3) is 0.455. The van der Waals surface area contributed by atoms with Crippen molar-refractivity contribution in [2.24, 2.45) is 0 Å². The van der Waals surface area contributed by atoms with Gasteiger partial charge in [0.2, 0.25) is 0 Å². The molecule has 0 spiro atoms. The first-order chi connectivity index (χ1) is 7.77. The van der Waals surface area contributed by atoms with Gasteiger partial charge in [0.1, 0.15) is 0 Å². The first kappa shape index (κ1) is 13.6. The SMILES string of the molecule is CC(CO)N(C)c1ccc(N)cc1C(F)(F)F. The summed E-state index contributed by atoms with van der Waals surface area (Å²) in [6.07, 6.45) is -4.46. The molecule has 0 saturated heterocycles. The normalized spacial score (nSPS) is 13.5. The lowest BCUT2D eigenvalue weighted by atomic mass is 10.1. The van der Waals surface area contributed by atoms with E-state index in [0.29, 0.717) is 0 Å². The Balaban J connectivity index is 3.24. The number of benzene rings is 1. The van der Waals surface area contributed by atoms with E-state index in [1.807, 2.05) is 0 Å². The van der Waals surface area contributed by atoms with Crippen molar-refractivity contribution in [3.63, 3.8) is 0 Å². The first-order valence-electron chi connectivity index (χ1n) is 5.07. The van der Waals surface area contributed by atoms with E-state index in [2.05, 4.69) is 0 Å². The number of likely N-dealkylation sites (N-methyl/N-ethyl adjacent to an activating group) is 1. The van der Waals surface area contributed by atoms with Gasteiger partial charge in [-0.2, -0.15) is 13.2 Å². The number of rotatable bonds is 3. The number of aliphatic hydroxyl groups is 1. The van der Waals surface area contributed by atoms with Crippen LogP contribution in [0.1, 0.15) is 12.5 Å². The minimum absolute atomic E-state index is 0.00764. The molecule has 0 radical (unpaired) electrons. The molecule has 0 saturated carbocycles. The molecule has 6 heteroatoms. The van der Waals surface area contributed by atoms with Crippen LogP contribution < -0.4 is 10.6 Å². The maximum absolute atomic E-state index is 12.8. The van der Waals surface area contributed by atoms with Crippen LogP contribution in [-0.4, -0.2) is 24.8 Å². The largest absolute Gasteiger partial charge is 0.418 e. The summed E-state index contributed by atoms with van der Waals surface area (Å²) in [6.45, 7) is 1.41. The Bertz CT molecular complexity index is 393. The van der Waals surface area contributed by atoms with Gasteiger partial charge in [-0.25, -0.2) is 0 Å². The van der Waals surface area contributed by atoms with Gasteiger partial charge >= 0.3 is 6.18 Å². The maximum atomic E-state index is 12.8. The van der Waals surface area contributed by atoms with E-state index in [4.69, 9.17) is 10.8 Å². The number of aliphatic hydroxyl groups excluding tert-OH is 1. The highest BCUT2D eigenvalue weighted by atomic mass is 19.4. The smallest absolute Gasteiger partial charge is 0.399 e.